The minimum absolute atomic E-state index is 0.0245. The van der Waals surface area contributed by atoms with Crippen molar-refractivity contribution in [3.05, 3.63) is 63.5 Å². The molecule has 0 bridgehead atoms. The third-order valence-corrected chi connectivity index (χ3v) is 4.92. The lowest BCUT2D eigenvalue weighted by Crippen LogP contribution is -2.34. The van der Waals surface area contributed by atoms with Crippen LogP contribution in [0.4, 0.5) is 10.8 Å². The van der Waals surface area contributed by atoms with Gasteiger partial charge in [-0.2, -0.15) is 0 Å². The Kier molecular flexibility index (Phi) is 6.54. The van der Waals surface area contributed by atoms with Gasteiger partial charge in [0.05, 0.1) is 24.8 Å². The van der Waals surface area contributed by atoms with Gasteiger partial charge in [-0.1, -0.05) is 18.2 Å². The van der Waals surface area contributed by atoms with Crippen LogP contribution in [0.3, 0.4) is 0 Å². The standard InChI is InChI=1S/C19H16N4O5S2/c1-27-14-7-4-8-15(28-2)16(14)17(24)21-18(29)22-19-20-13(10-30-19)11-5-3-6-12(9-11)23(25)26/h3-10H,1-2H3,(H2,20,21,22,24,29). The van der Waals surface area contributed by atoms with Crippen LogP contribution < -0.4 is 20.1 Å². The van der Waals surface area contributed by atoms with Crippen LogP contribution in [0.15, 0.2) is 47.8 Å². The minimum Gasteiger partial charge on any atom is -0.496 e. The summed E-state index contributed by atoms with van der Waals surface area (Å²) >= 11 is 6.45. The molecule has 0 atom stereocenters. The number of rotatable bonds is 6. The quantitative estimate of drug-likeness (QED) is 0.334. The zero-order valence-corrected chi connectivity index (χ0v) is 17.5. The van der Waals surface area contributed by atoms with E-state index < -0.39 is 10.8 Å². The highest BCUT2D eigenvalue weighted by Gasteiger charge is 2.19. The van der Waals surface area contributed by atoms with Crippen molar-refractivity contribution in [1.82, 2.24) is 10.3 Å². The summed E-state index contributed by atoms with van der Waals surface area (Å²) in [5, 5.41) is 18.5. The molecule has 3 aromatic rings. The molecular weight excluding hydrogens is 428 g/mol. The largest absolute Gasteiger partial charge is 0.496 e. The molecule has 0 aliphatic carbocycles. The predicted octanol–water partition coefficient (Wildman–Crippen LogP) is 3.86. The molecule has 0 fully saturated rings. The Bertz CT molecular complexity index is 1090. The van der Waals surface area contributed by atoms with Crippen molar-refractivity contribution in [2.24, 2.45) is 0 Å². The van der Waals surface area contributed by atoms with Crippen LogP contribution in [0, 0.1) is 10.1 Å². The minimum atomic E-state index is -0.503. The molecule has 2 aromatic carbocycles. The first-order chi connectivity index (χ1) is 14.4. The molecule has 0 spiro atoms. The Labute approximate surface area is 180 Å². The summed E-state index contributed by atoms with van der Waals surface area (Å²) in [6.07, 6.45) is 0. The van der Waals surface area contributed by atoms with E-state index in [-0.39, 0.29) is 16.4 Å². The summed E-state index contributed by atoms with van der Waals surface area (Å²) < 4.78 is 10.4. The summed E-state index contributed by atoms with van der Waals surface area (Å²) in [6, 6.07) is 11.1. The lowest BCUT2D eigenvalue weighted by atomic mass is 10.1. The number of nitro groups is 1. The van der Waals surface area contributed by atoms with Crippen molar-refractivity contribution in [2.45, 2.75) is 0 Å². The van der Waals surface area contributed by atoms with E-state index in [0.29, 0.717) is 27.9 Å². The highest BCUT2D eigenvalue weighted by atomic mass is 32.1. The normalized spacial score (nSPS) is 10.2. The maximum absolute atomic E-state index is 12.7. The number of thiocarbonyl (C=S) groups is 1. The van der Waals surface area contributed by atoms with Crippen molar-refractivity contribution in [2.75, 3.05) is 19.5 Å². The number of non-ortho nitro benzene ring substituents is 1. The Hall–Kier alpha value is -3.57. The van der Waals surface area contributed by atoms with Crippen LogP contribution in [0.25, 0.3) is 11.3 Å². The molecular formula is C19H16N4O5S2. The second-order valence-electron chi connectivity index (χ2n) is 5.79. The Morgan fingerprint density at radius 1 is 1.17 bits per heavy atom. The summed E-state index contributed by atoms with van der Waals surface area (Å²) in [6.45, 7) is 0. The van der Waals surface area contributed by atoms with E-state index in [2.05, 4.69) is 15.6 Å². The molecule has 9 nitrogen and oxygen atoms in total. The summed E-state index contributed by atoms with van der Waals surface area (Å²) in [5.41, 5.74) is 1.33. The van der Waals surface area contributed by atoms with E-state index in [1.807, 2.05) is 0 Å². The van der Waals surface area contributed by atoms with Gasteiger partial charge in [-0.3, -0.25) is 20.2 Å². The van der Waals surface area contributed by atoms with E-state index in [9.17, 15) is 14.9 Å². The number of hydrogen-bond donors (Lipinski definition) is 2. The second kappa shape index (κ2) is 9.29. The van der Waals surface area contributed by atoms with Crippen molar-refractivity contribution in [1.29, 1.82) is 0 Å². The smallest absolute Gasteiger partial charge is 0.270 e. The van der Waals surface area contributed by atoms with Gasteiger partial charge in [0.25, 0.3) is 11.6 Å². The number of amides is 1. The van der Waals surface area contributed by atoms with Crippen molar-refractivity contribution < 1.29 is 19.2 Å². The topological polar surface area (TPSA) is 116 Å². The van der Waals surface area contributed by atoms with Crippen LogP contribution in [0.1, 0.15) is 10.4 Å². The third-order valence-electron chi connectivity index (χ3n) is 3.96. The number of nitro benzene ring substituents is 1. The first kappa shape index (κ1) is 21.1. The number of benzene rings is 2. The van der Waals surface area contributed by atoms with Gasteiger partial charge in [0.2, 0.25) is 0 Å². The molecule has 0 radical (unpaired) electrons. The molecule has 154 valence electrons. The highest BCUT2D eigenvalue weighted by molar-refractivity contribution is 7.80. The van der Waals surface area contributed by atoms with Crippen LogP contribution >= 0.6 is 23.6 Å². The van der Waals surface area contributed by atoms with E-state index in [4.69, 9.17) is 21.7 Å². The van der Waals surface area contributed by atoms with Gasteiger partial charge in [0, 0.05) is 23.1 Å². The Morgan fingerprint density at radius 3 is 2.47 bits per heavy atom. The number of ether oxygens (including phenoxy) is 2. The molecule has 11 heteroatoms. The average Bonchev–Trinajstić information content (AvgIpc) is 3.21. The number of anilines is 1. The van der Waals surface area contributed by atoms with Gasteiger partial charge in [0.15, 0.2) is 10.2 Å². The lowest BCUT2D eigenvalue weighted by Gasteiger charge is -2.13. The van der Waals surface area contributed by atoms with Crippen LogP contribution in [0.5, 0.6) is 11.5 Å². The summed E-state index contributed by atoms with van der Waals surface area (Å²) in [5.74, 6) is 0.186. The first-order valence-corrected chi connectivity index (χ1v) is 9.75. The molecule has 30 heavy (non-hydrogen) atoms. The summed E-state index contributed by atoms with van der Waals surface area (Å²) in [7, 11) is 2.90. The zero-order chi connectivity index (χ0) is 21.7. The van der Waals surface area contributed by atoms with E-state index >= 15 is 0 Å². The van der Waals surface area contributed by atoms with Crippen molar-refractivity contribution >= 4 is 45.4 Å². The molecule has 0 saturated carbocycles. The van der Waals surface area contributed by atoms with Gasteiger partial charge in [0.1, 0.15) is 17.1 Å². The highest BCUT2D eigenvalue weighted by Crippen LogP contribution is 2.29. The molecule has 3 rings (SSSR count). The number of aromatic nitrogens is 1. The van der Waals surface area contributed by atoms with E-state index in [0.717, 1.165) is 0 Å². The SMILES string of the molecule is COc1cccc(OC)c1C(=O)NC(=S)Nc1nc(-c2cccc([N+](=O)[O-])c2)cs1. The van der Waals surface area contributed by atoms with Gasteiger partial charge < -0.3 is 14.8 Å². The fraction of sp³-hybridized carbons (Fsp3) is 0.105. The van der Waals surface area contributed by atoms with Gasteiger partial charge in [-0.05, 0) is 24.4 Å². The van der Waals surface area contributed by atoms with E-state index in [1.165, 1.54) is 37.7 Å². The number of thiazole rings is 1. The van der Waals surface area contributed by atoms with Gasteiger partial charge in [-0.25, -0.2) is 4.98 Å². The van der Waals surface area contributed by atoms with Crippen molar-refractivity contribution in [3.63, 3.8) is 0 Å². The second-order valence-corrected chi connectivity index (χ2v) is 7.06. The maximum Gasteiger partial charge on any atom is 0.270 e. The first-order valence-electron chi connectivity index (χ1n) is 8.46. The number of nitrogens with zero attached hydrogens (tertiary/aromatic N) is 2. The molecule has 0 saturated heterocycles. The lowest BCUT2D eigenvalue weighted by molar-refractivity contribution is -0.384. The molecule has 0 aliphatic heterocycles. The van der Waals surface area contributed by atoms with E-state index in [1.54, 1.807) is 35.7 Å². The molecule has 1 heterocycles. The predicted molar refractivity (Wildman–Crippen MR) is 117 cm³/mol. The number of carbonyl (C=O) groups is 1. The molecule has 0 unspecified atom stereocenters. The monoisotopic (exact) mass is 444 g/mol. The van der Waals surface area contributed by atoms with Crippen LogP contribution in [-0.2, 0) is 0 Å². The van der Waals surface area contributed by atoms with Crippen LogP contribution in [-0.4, -0.2) is 35.1 Å². The number of methoxy groups -OCH3 is 2. The van der Waals surface area contributed by atoms with Gasteiger partial charge >= 0.3 is 0 Å². The van der Waals surface area contributed by atoms with Crippen LogP contribution in [0.2, 0.25) is 0 Å². The maximum atomic E-state index is 12.7. The zero-order valence-electron chi connectivity index (χ0n) is 15.9. The number of hydrogen-bond acceptors (Lipinski definition) is 8. The third kappa shape index (κ3) is 4.70. The molecule has 1 aromatic heterocycles. The molecule has 2 N–H and O–H groups in total. The Morgan fingerprint density at radius 2 is 1.83 bits per heavy atom. The van der Waals surface area contributed by atoms with Crippen molar-refractivity contribution in [3.8, 4) is 22.8 Å². The number of nitrogens with one attached hydrogen (secondary N) is 2. The van der Waals surface area contributed by atoms with Gasteiger partial charge in [-0.15, -0.1) is 11.3 Å². The fourth-order valence-corrected chi connectivity index (χ4v) is 3.59. The summed E-state index contributed by atoms with van der Waals surface area (Å²) in [4.78, 5) is 27.5. The fourth-order valence-electron chi connectivity index (χ4n) is 2.61. The Balaban J connectivity index is 1.72. The average molecular weight is 444 g/mol. The molecule has 0 aliphatic rings. The number of carbonyl (C=O) groups excluding carboxylic acids is 1. The molecule has 1 amide bonds.